The largest absolute Gasteiger partial charge is 0.350 e. The van der Waals surface area contributed by atoms with Gasteiger partial charge in [-0.05, 0) is 66.8 Å². The van der Waals surface area contributed by atoms with Crippen molar-refractivity contribution in [3.63, 3.8) is 0 Å². The molecular weight excluding hydrogens is 304 g/mol. The van der Waals surface area contributed by atoms with Gasteiger partial charge in [-0.15, -0.1) is 0 Å². The van der Waals surface area contributed by atoms with Gasteiger partial charge >= 0.3 is 0 Å². The molecular formula is C19H20N2OS. The number of aryl methyl sites for hydroxylation is 2. The number of fused-ring (bicyclic) bond motifs is 1. The number of carbonyl (C=O) groups is 1. The van der Waals surface area contributed by atoms with E-state index in [1.54, 1.807) is 11.3 Å². The zero-order valence-corrected chi connectivity index (χ0v) is 14.2. The number of H-pyrrole nitrogens is 1. The summed E-state index contributed by atoms with van der Waals surface area (Å²) in [6.07, 6.45) is 2.24. The third-order valence-electron chi connectivity index (χ3n) is 4.61. The second-order valence-electron chi connectivity index (χ2n) is 6.47. The minimum atomic E-state index is 0.130. The molecule has 118 valence electrons. The molecule has 3 nitrogen and oxygen atoms in total. The molecule has 1 aliphatic carbocycles. The number of benzene rings is 1. The van der Waals surface area contributed by atoms with Crippen molar-refractivity contribution in [3.8, 4) is 0 Å². The molecule has 1 aliphatic rings. The van der Waals surface area contributed by atoms with Gasteiger partial charge in [-0.3, -0.25) is 4.79 Å². The molecule has 1 fully saturated rings. The monoisotopic (exact) mass is 324 g/mol. The lowest BCUT2D eigenvalue weighted by Crippen LogP contribution is -2.33. The van der Waals surface area contributed by atoms with E-state index in [1.165, 1.54) is 11.1 Å². The summed E-state index contributed by atoms with van der Waals surface area (Å²) in [7, 11) is 0. The Morgan fingerprint density at radius 1 is 1.30 bits per heavy atom. The maximum atomic E-state index is 13.1. The fraction of sp³-hybridized carbons (Fsp3) is 0.316. The molecule has 4 rings (SSSR count). The summed E-state index contributed by atoms with van der Waals surface area (Å²) in [4.78, 5) is 18.5. The third kappa shape index (κ3) is 2.68. The van der Waals surface area contributed by atoms with Crippen LogP contribution in [0.5, 0.6) is 0 Å². The van der Waals surface area contributed by atoms with Gasteiger partial charge in [-0.25, -0.2) is 0 Å². The molecule has 3 aromatic rings. The van der Waals surface area contributed by atoms with Gasteiger partial charge in [-0.2, -0.15) is 11.3 Å². The molecule has 0 radical (unpaired) electrons. The van der Waals surface area contributed by atoms with Gasteiger partial charge in [0.05, 0.1) is 0 Å². The van der Waals surface area contributed by atoms with Crippen LogP contribution in [0.15, 0.2) is 35.0 Å². The molecule has 0 spiro atoms. The number of amides is 1. The normalized spacial score (nSPS) is 14.3. The summed E-state index contributed by atoms with van der Waals surface area (Å²) in [5, 5.41) is 5.35. The van der Waals surface area contributed by atoms with Crippen LogP contribution in [-0.4, -0.2) is 21.8 Å². The van der Waals surface area contributed by atoms with Gasteiger partial charge in [-0.1, -0.05) is 11.6 Å². The number of aromatic nitrogens is 1. The lowest BCUT2D eigenvalue weighted by atomic mass is 10.1. The van der Waals surface area contributed by atoms with Gasteiger partial charge in [0.2, 0.25) is 0 Å². The van der Waals surface area contributed by atoms with Crippen molar-refractivity contribution < 1.29 is 4.79 Å². The minimum absolute atomic E-state index is 0.130. The first-order valence-electron chi connectivity index (χ1n) is 8.04. The predicted octanol–water partition coefficient (Wildman–Crippen LogP) is 4.65. The van der Waals surface area contributed by atoms with E-state index in [0.29, 0.717) is 12.6 Å². The quantitative estimate of drug-likeness (QED) is 0.745. The Labute approximate surface area is 139 Å². The van der Waals surface area contributed by atoms with Crippen LogP contribution in [0.25, 0.3) is 10.9 Å². The SMILES string of the molecule is Cc1ccc2[nH]c(C(=O)N(Cc3ccsc3)C3CC3)c(C)c2c1. The van der Waals surface area contributed by atoms with Crippen LogP contribution in [0, 0.1) is 13.8 Å². The van der Waals surface area contributed by atoms with Crippen LogP contribution in [0.4, 0.5) is 0 Å². The van der Waals surface area contributed by atoms with E-state index in [4.69, 9.17) is 0 Å². The van der Waals surface area contributed by atoms with Gasteiger partial charge < -0.3 is 9.88 Å². The fourth-order valence-corrected chi connectivity index (χ4v) is 3.79. The first-order valence-corrected chi connectivity index (χ1v) is 8.99. The number of aromatic amines is 1. The molecule has 0 unspecified atom stereocenters. The molecule has 23 heavy (non-hydrogen) atoms. The number of rotatable bonds is 4. The standard InChI is InChI=1S/C19H20N2OS/c1-12-3-6-17-16(9-12)13(2)18(20-17)19(22)21(15-4-5-15)10-14-7-8-23-11-14/h3,6-9,11,15,20H,4-5,10H2,1-2H3. The van der Waals surface area contributed by atoms with Crippen LogP contribution >= 0.6 is 11.3 Å². The van der Waals surface area contributed by atoms with Crippen LogP contribution < -0.4 is 0 Å². The highest BCUT2D eigenvalue weighted by molar-refractivity contribution is 7.07. The smallest absolute Gasteiger partial charge is 0.271 e. The Morgan fingerprint density at radius 2 is 2.13 bits per heavy atom. The second-order valence-corrected chi connectivity index (χ2v) is 7.25. The Kier molecular flexibility index (Phi) is 3.49. The van der Waals surface area contributed by atoms with E-state index >= 15 is 0 Å². The maximum absolute atomic E-state index is 13.1. The van der Waals surface area contributed by atoms with Crippen molar-refractivity contribution in [1.82, 2.24) is 9.88 Å². The number of carbonyl (C=O) groups excluding carboxylic acids is 1. The van der Waals surface area contributed by atoms with Crippen molar-refractivity contribution in [2.75, 3.05) is 0 Å². The van der Waals surface area contributed by atoms with Gasteiger partial charge in [0.1, 0.15) is 5.69 Å². The summed E-state index contributed by atoms with van der Waals surface area (Å²) in [6.45, 7) is 4.84. The van der Waals surface area contributed by atoms with Crippen LogP contribution in [0.2, 0.25) is 0 Å². The lowest BCUT2D eigenvalue weighted by Gasteiger charge is -2.21. The zero-order chi connectivity index (χ0) is 16.0. The van der Waals surface area contributed by atoms with Crippen molar-refractivity contribution >= 4 is 28.1 Å². The average molecular weight is 324 g/mol. The van der Waals surface area contributed by atoms with Crippen LogP contribution in [0.1, 0.15) is 40.0 Å². The van der Waals surface area contributed by atoms with E-state index in [9.17, 15) is 4.79 Å². The third-order valence-corrected chi connectivity index (χ3v) is 5.34. The molecule has 1 aromatic carbocycles. The highest BCUT2D eigenvalue weighted by atomic mass is 32.1. The molecule has 4 heteroatoms. The number of nitrogens with zero attached hydrogens (tertiary/aromatic N) is 1. The van der Waals surface area contributed by atoms with Crippen molar-refractivity contribution in [1.29, 1.82) is 0 Å². The van der Waals surface area contributed by atoms with E-state index < -0.39 is 0 Å². The molecule has 2 heterocycles. The average Bonchev–Trinajstić information content (AvgIpc) is 3.16. The van der Waals surface area contributed by atoms with Crippen molar-refractivity contribution in [2.45, 2.75) is 39.3 Å². The first kappa shape index (κ1) is 14.5. The molecule has 0 aliphatic heterocycles. The summed E-state index contributed by atoms with van der Waals surface area (Å²) < 4.78 is 0. The highest BCUT2D eigenvalue weighted by Gasteiger charge is 2.34. The van der Waals surface area contributed by atoms with Crippen LogP contribution in [0.3, 0.4) is 0 Å². The van der Waals surface area contributed by atoms with E-state index in [-0.39, 0.29) is 5.91 Å². The molecule has 1 saturated carbocycles. The van der Waals surface area contributed by atoms with E-state index in [1.807, 2.05) is 11.8 Å². The van der Waals surface area contributed by atoms with Crippen LogP contribution in [-0.2, 0) is 6.54 Å². The number of hydrogen-bond donors (Lipinski definition) is 1. The van der Waals surface area contributed by atoms with E-state index in [0.717, 1.165) is 35.0 Å². The second kappa shape index (κ2) is 5.53. The molecule has 1 amide bonds. The number of nitrogens with one attached hydrogen (secondary N) is 1. The predicted molar refractivity (Wildman–Crippen MR) is 95.0 cm³/mol. The summed E-state index contributed by atoms with van der Waals surface area (Å²) in [5.74, 6) is 0.130. The molecule has 0 bridgehead atoms. The minimum Gasteiger partial charge on any atom is -0.350 e. The summed E-state index contributed by atoms with van der Waals surface area (Å²) >= 11 is 1.68. The fourth-order valence-electron chi connectivity index (χ4n) is 3.13. The molecule has 0 saturated heterocycles. The zero-order valence-electron chi connectivity index (χ0n) is 13.4. The molecule has 1 N–H and O–H groups in total. The number of thiophene rings is 1. The Balaban J connectivity index is 1.70. The number of hydrogen-bond acceptors (Lipinski definition) is 2. The molecule has 0 atom stereocenters. The Morgan fingerprint density at radius 3 is 2.83 bits per heavy atom. The van der Waals surface area contributed by atoms with Crippen molar-refractivity contribution in [2.24, 2.45) is 0 Å². The van der Waals surface area contributed by atoms with Gasteiger partial charge in [0, 0.05) is 23.5 Å². The van der Waals surface area contributed by atoms with Gasteiger partial charge in [0.15, 0.2) is 0 Å². The lowest BCUT2D eigenvalue weighted by molar-refractivity contribution is 0.0724. The van der Waals surface area contributed by atoms with E-state index in [2.05, 4.69) is 46.9 Å². The van der Waals surface area contributed by atoms with Gasteiger partial charge in [0.25, 0.3) is 5.91 Å². The Bertz CT molecular complexity index is 859. The summed E-state index contributed by atoms with van der Waals surface area (Å²) in [5.41, 5.74) is 5.29. The highest BCUT2D eigenvalue weighted by Crippen LogP contribution is 2.32. The topological polar surface area (TPSA) is 36.1 Å². The Hall–Kier alpha value is -2.07. The van der Waals surface area contributed by atoms with Crippen molar-refractivity contribution in [3.05, 3.63) is 57.4 Å². The summed E-state index contributed by atoms with van der Waals surface area (Å²) in [6, 6.07) is 8.80. The molecule has 2 aromatic heterocycles. The first-order chi connectivity index (χ1) is 11.1. The maximum Gasteiger partial charge on any atom is 0.271 e.